The van der Waals surface area contributed by atoms with Gasteiger partial charge in [-0.05, 0) is 12.5 Å². The van der Waals surface area contributed by atoms with Gasteiger partial charge < -0.3 is 5.11 Å². The van der Waals surface area contributed by atoms with Gasteiger partial charge in [-0.3, -0.25) is 0 Å². The first-order chi connectivity index (χ1) is 7.01. The Morgan fingerprint density at radius 2 is 2.13 bits per heavy atom. The van der Waals surface area contributed by atoms with Crippen molar-refractivity contribution in [3.8, 4) is 0 Å². The molecule has 15 heavy (non-hydrogen) atoms. The van der Waals surface area contributed by atoms with Gasteiger partial charge >= 0.3 is 5.97 Å². The third-order valence-electron chi connectivity index (χ3n) is 2.23. The molecule has 0 radical (unpaired) electrons. The lowest BCUT2D eigenvalue weighted by Gasteiger charge is -2.28. The van der Waals surface area contributed by atoms with Crippen LogP contribution >= 0.6 is 11.3 Å². The van der Waals surface area contributed by atoms with Crippen molar-refractivity contribution in [1.29, 1.82) is 0 Å². The Hall–Kier alpha value is -0.920. The first kappa shape index (κ1) is 10.6. The summed E-state index contributed by atoms with van der Waals surface area (Å²) in [4.78, 5) is 10.6. The third-order valence-corrected chi connectivity index (χ3v) is 5.55. The molecule has 5 nitrogen and oxygen atoms in total. The molecule has 1 saturated heterocycles. The number of sulfonamides is 1. The predicted octanol–water partition coefficient (Wildman–Crippen LogP) is 0.841. The predicted molar refractivity (Wildman–Crippen MR) is 54.7 cm³/mol. The van der Waals surface area contributed by atoms with Crippen LogP contribution in [-0.4, -0.2) is 36.9 Å². The SMILES string of the molecule is O=C(O)c1csc(S(=O)(=O)N2CCC2)c1. The minimum absolute atomic E-state index is 0.0269. The highest BCUT2D eigenvalue weighted by Gasteiger charge is 2.30. The van der Waals surface area contributed by atoms with E-state index in [9.17, 15) is 13.2 Å². The average Bonchev–Trinajstić information content (AvgIpc) is 2.46. The van der Waals surface area contributed by atoms with Crippen LogP contribution in [0.4, 0.5) is 0 Å². The zero-order valence-electron chi connectivity index (χ0n) is 7.71. The van der Waals surface area contributed by atoms with Crippen molar-refractivity contribution in [2.45, 2.75) is 10.6 Å². The van der Waals surface area contributed by atoms with E-state index in [-0.39, 0.29) is 9.77 Å². The monoisotopic (exact) mass is 247 g/mol. The van der Waals surface area contributed by atoms with E-state index in [0.717, 1.165) is 17.8 Å². The second kappa shape index (κ2) is 3.58. The molecule has 0 amide bonds. The van der Waals surface area contributed by atoms with Crippen molar-refractivity contribution in [3.63, 3.8) is 0 Å². The van der Waals surface area contributed by atoms with Crippen LogP contribution in [0.2, 0.25) is 0 Å². The molecule has 0 saturated carbocycles. The summed E-state index contributed by atoms with van der Waals surface area (Å²) in [6.07, 6.45) is 0.871. The normalized spacial score (nSPS) is 17.3. The molecule has 2 heterocycles. The standard InChI is InChI=1S/C8H9NO4S2/c10-8(11)6-4-7(14-5-6)15(12,13)9-2-1-3-9/h4-5H,1-3H2,(H,10,11). The number of carbonyl (C=O) groups is 1. The summed E-state index contributed by atoms with van der Waals surface area (Å²) in [6, 6.07) is 1.21. The van der Waals surface area contributed by atoms with Gasteiger partial charge in [-0.25, -0.2) is 13.2 Å². The summed E-state index contributed by atoms with van der Waals surface area (Å²) in [7, 11) is -3.43. The van der Waals surface area contributed by atoms with E-state index in [0.29, 0.717) is 13.1 Å². The molecule has 0 aliphatic carbocycles. The number of rotatable bonds is 3. The molecule has 7 heteroatoms. The quantitative estimate of drug-likeness (QED) is 0.859. The number of nitrogens with zero attached hydrogens (tertiary/aromatic N) is 1. The smallest absolute Gasteiger partial charge is 0.336 e. The summed E-state index contributed by atoms with van der Waals surface area (Å²) in [5.41, 5.74) is 0.0269. The van der Waals surface area contributed by atoms with Gasteiger partial charge in [0, 0.05) is 18.5 Å². The van der Waals surface area contributed by atoms with Crippen LogP contribution in [0.3, 0.4) is 0 Å². The molecule has 0 spiro atoms. The van der Waals surface area contributed by atoms with Crippen LogP contribution in [0.5, 0.6) is 0 Å². The fourth-order valence-corrected chi connectivity index (χ4v) is 4.04. The topological polar surface area (TPSA) is 74.7 Å². The molecule has 0 unspecified atom stereocenters. The van der Waals surface area contributed by atoms with Gasteiger partial charge in [-0.1, -0.05) is 0 Å². The zero-order valence-corrected chi connectivity index (χ0v) is 9.34. The molecule has 0 aromatic carbocycles. The van der Waals surface area contributed by atoms with E-state index in [1.54, 1.807) is 0 Å². The van der Waals surface area contributed by atoms with Crippen LogP contribution < -0.4 is 0 Å². The summed E-state index contributed by atoms with van der Waals surface area (Å²) in [5.74, 6) is -1.10. The number of thiophene rings is 1. The molecule has 1 fully saturated rings. The molecule has 1 aromatic heterocycles. The second-order valence-electron chi connectivity index (χ2n) is 3.22. The maximum absolute atomic E-state index is 11.8. The first-order valence-corrected chi connectivity index (χ1v) is 6.66. The maximum atomic E-state index is 11.8. The fourth-order valence-electron chi connectivity index (χ4n) is 1.22. The van der Waals surface area contributed by atoms with Crippen LogP contribution in [0.25, 0.3) is 0 Å². The summed E-state index contributed by atoms with van der Waals surface area (Å²) >= 11 is 0.952. The summed E-state index contributed by atoms with van der Waals surface area (Å²) in [5, 5.41) is 10.0. The maximum Gasteiger partial charge on any atom is 0.336 e. The Kier molecular flexibility index (Phi) is 2.53. The Labute approximate surface area is 91.0 Å². The van der Waals surface area contributed by atoms with E-state index in [2.05, 4.69) is 0 Å². The van der Waals surface area contributed by atoms with E-state index < -0.39 is 16.0 Å². The molecule has 0 atom stereocenters. The Morgan fingerprint density at radius 3 is 2.53 bits per heavy atom. The average molecular weight is 247 g/mol. The zero-order chi connectivity index (χ0) is 11.1. The highest BCUT2D eigenvalue weighted by atomic mass is 32.2. The van der Waals surface area contributed by atoms with Gasteiger partial charge in [0.2, 0.25) is 0 Å². The number of hydrogen-bond acceptors (Lipinski definition) is 4. The van der Waals surface area contributed by atoms with Crippen molar-refractivity contribution >= 4 is 27.3 Å². The number of carboxylic acid groups (broad SMARTS) is 1. The molecule has 82 valence electrons. The molecular weight excluding hydrogens is 238 g/mol. The van der Waals surface area contributed by atoms with Crippen molar-refractivity contribution in [2.75, 3.05) is 13.1 Å². The second-order valence-corrected chi connectivity index (χ2v) is 6.29. The van der Waals surface area contributed by atoms with Crippen molar-refractivity contribution in [1.82, 2.24) is 4.31 Å². The minimum atomic E-state index is -3.43. The molecule has 2 rings (SSSR count). The third kappa shape index (κ3) is 1.77. The fraction of sp³-hybridized carbons (Fsp3) is 0.375. The van der Waals surface area contributed by atoms with Gasteiger partial charge in [0.25, 0.3) is 10.0 Å². The van der Waals surface area contributed by atoms with E-state index >= 15 is 0 Å². The molecule has 1 N–H and O–H groups in total. The Balaban J connectivity index is 2.32. The van der Waals surface area contributed by atoms with Gasteiger partial charge in [0.15, 0.2) is 0 Å². The number of aromatic carboxylic acids is 1. The molecule has 1 aromatic rings. The summed E-state index contributed by atoms with van der Waals surface area (Å²) in [6.45, 7) is 1.06. The Bertz CT molecular complexity index is 486. The van der Waals surface area contributed by atoms with Crippen LogP contribution in [-0.2, 0) is 10.0 Å². The van der Waals surface area contributed by atoms with Gasteiger partial charge in [0.1, 0.15) is 4.21 Å². The first-order valence-electron chi connectivity index (χ1n) is 4.34. The Morgan fingerprint density at radius 1 is 1.47 bits per heavy atom. The van der Waals surface area contributed by atoms with Crippen molar-refractivity contribution < 1.29 is 18.3 Å². The largest absolute Gasteiger partial charge is 0.478 e. The lowest BCUT2D eigenvalue weighted by atomic mass is 10.3. The van der Waals surface area contributed by atoms with Gasteiger partial charge in [0.05, 0.1) is 5.56 Å². The van der Waals surface area contributed by atoms with Crippen molar-refractivity contribution in [2.24, 2.45) is 0 Å². The van der Waals surface area contributed by atoms with Crippen LogP contribution in [0, 0.1) is 0 Å². The van der Waals surface area contributed by atoms with Gasteiger partial charge in [-0.15, -0.1) is 11.3 Å². The van der Waals surface area contributed by atoms with E-state index in [1.165, 1.54) is 15.8 Å². The van der Waals surface area contributed by atoms with Gasteiger partial charge in [-0.2, -0.15) is 4.31 Å². The number of hydrogen-bond donors (Lipinski definition) is 1. The highest BCUT2D eigenvalue weighted by Crippen LogP contribution is 2.26. The number of carboxylic acids is 1. The van der Waals surface area contributed by atoms with Crippen molar-refractivity contribution in [3.05, 3.63) is 17.0 Å². The highest BCUT2D eigenvalue weighted by molar-refractivity contribution is 7.91. The molecule has 0 bridgehead atoms. The lowest BCUT2D eigenvalue weighted by molar-refractivity contribution is 0.0697. The molecule has 1 aliphatic rings. The van der Waals surface area contributed by atoms with Crippen LogP contribution in [0.1, 0.15) is 16.8 Å². The van der Waals surface area contributed by atoms with Crippen LogP contribution in [0.15, 0.2) is 15.7 Å². The molecular formula is C8H9NO4S2. The van der Waals surface area contributed by atoms with E-state index in [1.807, 2.05) is 0 Å². The minimum Gasteiger partial charge on any atom is -0.478 e. The molecule has 1 aliphatic heterocycles. The van der Waals surface area contributed by atoms with E-state index in [4.69, 9.17) is 5.11 Å². The lowest BCUT2D eigenvalue weighted by Crippen LogP contribution is -2.41. The summed E-state index contributed by atoms with van der Waals surface area (Å²) < 4.78 is 25.0.